The molecule has 2 fully saturated rings. The van der Waals surface area contributed by atoms with Crippen molar-refractivity contribution in [3.05, 3.63) is 34.5 Å². The van der Waals surface area contributed by atoms with E-state index in [-0.39, 0.29) is 23.9 Å². The normalized spacial score (nSPS) is 22.6. The highest BCUT2D eigenvalue weighted by Gasteiger charge is 2.35. The number of nitrogens with zero attached hydrogens (tertiary/aromatic N) is 4. The van der Waals surface area contributed by atoms with Gasteiger partial charge in [-0.2, -0.15) is 5.10 Å². The highest BCUT2D eigenvalue weighted by molar-refractivity contribution is 5.98. The number of ether oxygens (including phenoxy) is 1. The summed E-state index contributed by atoms with van der Waals surface area (Å²) < 4.78 is 7.76. The Hall–Kier alpha value is -2.48. The van der Waals surface area contributed by atoms with E-state index >= 15 is 0 Å². The Bertz CT molecular complexity index is 858. The van der Waals surface area contributed by atoms with Crippen LogP contribution in [0, 0.1) is 13.8 Å². The lowest BCUT2D eigenvalue weighted by Gasteiger charge is -2.21. The fraction of sp³-hybridized carbons (Fsp3) is 0.556. The first-order valence-electron chi connectivity index (χ1n) is 9.00. The molecule has 0 spiro atoms. The molecule has 26 heavy (non-hydrogen) atoms. The fourth-order valence-electron chi connectivity index (χ4n) is 3.59. The summed E-state index contributed by atoms with van der Waals surface area (Å²) in [6, 6.07) is -0.133. The molecule has 1 saturated heterocycles. The van der Waals surface area contributed by atoms with E-state index in [1.54, 1.807) is 0 Å². The molecule has 8 nitrogen and oxygen atoms in total. The number of nitrogens with one attached hydrogen (secondary N) is 1. The van der Waals surface area contributed by atoms with E-state index in [2.05, 4.69) is 20.4 Å². The Morgan fingerprint density at radius 1 is 1.35 bits per heavy atom. The van der Waals surface area contributed by atoms with Gasteiger partial charge in [0.05, 0.1) is 17.3 Å². The van der Waals surface area contributed by atoms with Crippen molar-refractivity contribution in [3.63, 3.8) is 0 Å². The highest BCUT2D eigenvalue weighted by atomic mass is 16.5. The molecule has 2 aliphatic rings. The molecule has 138 valence electrons. The van der Waals surface area contributed by atoms with E-state index < -0.39 is 0 Å². The number of amides is 1. The molecule has 8 heteroatoms. The summed E-state index contributed by atoms with van der Waals surface area (Å²) in [5.41, 5.74) is 9.34. The monoisotopic (exact) mass is 356 g/mol. The van der Waals surface area contributed by atoms with Crippen molar-refractivity contribution in [1.82, 2.24) is 25.1 Å². The average Bonchev–Trinajstić information content (AvgIpc) is 3.31. The number of anilines is 1. The molecule has 2 aromatic rings. The van der Waals surface area contributed by atoms with Gasteiger partial charge in [0.15, 0.2) is 0 Å². The van der Waals surface area contributed by atoms with Gasteiger partial charge in [0.2, 0.25) is 0 Å². The molecule has 1 aliphatic heterocycles. The van der Waals surface area contributed by atoms with Crippen LogP contribution in [0.1, 0.15) is 64.4 Å². The minimum Gasteiger partial charge on any atom is -0.383 e. The quantitative estimate of drug-likeness (QED) is 0.860. The van der Waals surface area contributed by atoms with E-state index in [0.29, 0.717) is 18.1 Å². The van der Waals surface area contributed by atoms with Gasteiger partial charge in [-0.15, -0.1) is 0 Å². The third-order valence-corrected chi connectivity index (χ3v) is 5.28. The van der Waals surface area contributed by atoms with Gasteiger partial charge in [0.25, 0.3) is 5.91 Å². The van der Waals surface area contributed by atoms with Crippen molar-refractivity contribution >= 4 is 11.7 Å². The maximum absolute atomic E-state index is 12.7. The van der Waals surface area contributed by atoms with Crippen LogP contribution in [0.4, 0.5) is 5.82 Å². The predicted molar refractivity (Wildman–Crippen MR) is 95.7 cm³/mol. The maximum Gasteiger partial charge on any atom is 0.256 e. The molecule has 0 radical (unpaired) electrons. The zero-order valence-corrected chi connectivity index (χ0v) is 15.3. The van der Waals surface area contributed by atoms with Gasteiger partial charge < -0.3 is 15.8 Å². The summed E-state index contributed by atoms with van der Waals surface area (Å²) in [5, 5.41) is 7.51. The fourth-order valence-corrected chi connectivity index (χ4v) is 3.59. The van der Waals surface area contributed by atoms with Gasteiger partial charge in [-0.3, -0.25) is 9.48 Å². The van der Waals surface area contributed by atoms with Crippen LogP contribution >= 0.6 is 0 Å². The topological polar surface area (TPSA) is 108 Å². The van der Waals surface area contributed by atoms with Crippen molar-refractivity contribution in [1.29, 1.82) is 0 Å². The van der Waals surface area contributed by atoms with E-state index in [1.807, 2.05) is 25.6 Å². The first-order valence-corrected chi connectivity index (χ1v) is 9.00. The van der Waals surface area contributed by atoms with Crippen LogP contribution in [-0.4, -0.2) is 38.3 Å². The Balaban J connectivity index is 1.53. The number of aromatic nitrogens is 4. The Labute approximate surface area is 152 Å². The SMILES string of the molecule is Cc1nn(C)c(C)c1[C@H]1OCC[C@@H]1NC(=O)c1cnc(C2CC2)nc1N. The van der Waals surface area contributed by atoms with Crippen LogP contribution in [0.5, 0.6) is 0 Å². The van der Waals surface area contributed by atoms with Gasteiger partial charge in [0.1, 0.15) is 17.7 Å². The smallest absolute Gasteiger partial charge is 0.256 e. The summed E-state index contributed by atoms with van der Waals surface area (Å²) in [7, 11) is 1.91. The van der Waals surface area contributed by atoms with Gasteiger partial charge in [-0.1, -0.05) is 0 Å². The minimum atomic E-state index is -0.260. The highest BCUT2D eigenvalue weighted by Crippen LogP contribution is 2.38. The van der Waals surface area contributed by atoms with E-state index in [1.165, 1.54) is 6.20 Å². The lowest BCUT2D eigenvalue weighted by Crippen LogP contribution is -2.37. The Kier molecular flexibility index (Phi) is 4.14. The van der Waals surface area contributed by atoms with Crippen molar-refractivity contribution in [2.45, 2.75) is 51.2 Å². The molecule has 0 unspecified atom stereocenters. The lowest BCUT2D eigenvalue weighted by molar-refractivity contribution is 0.0817. The first kappa shape index (κ1) is 17.0. The second-order valence-corrected chi connectivity index (χ2v) is 7.17. The number of carbonyl (C=O) groups excluding carboxylic acids is 1. The van der Waals surface area contributed by atoms with Crippen LogP contribution in [0.15, 0.2) is 6.20 Å². The minimum absolute atomic E-state index is 0.133. The van der Waals surface area contributed by atoms with Crippen LogP contribution < -0.4 is 11.1 Å². The van der Waals surface area contributed by atoms with Crippen molar-refractivity contribution in [2.24, 2.45) is 7.05 Å². The van der Waals surface area contributed by atoms with E-state index in [4.69, 9.17) is 10.5 Å². The third kappa shape index (κ3) is 2.94. The zero-order valence-electron chi connectivity index (χ0n) is 15.3. The number of nitrogen functional groups attached to an aromatic ring is 1. The number of nitrogens with two attached hydrogens (primary N) is 1. The third-order valence-electron chi connectivity index (χ3n) is 5.28. The molecular weight excluding hydrogens is 332 g/mol. The molecule has 0 bridgehead atoms. The van der Waals surface area contributed by atoms with Crippen LogP contribution in [0.2, 0.25) is 0 Å². The second kappa shape index (κ2) is 6.35. The largest absolute Gasteiger partial charge is 0.383 e. The summed E-state index contributed by atoms with van der Waals surface area (Å²) in [6.45, 7) is 4.57. The van der Waals surface area contributed by atoms with Gasteiger partial charge in [0, 0.05) is 37.0 Å². The predicted octanol–water partition coefficient (Wildman–Crippen LogP) is 1.55. The molecule has 0 aromatic carbocycles. The van der Waals surface area contributed by atoms with E-state index in [9.17, 15) is 4.79 Å². The molecule has 2 aromatic heterocycles. The molecule has 1 amide bonds. The van der Waals surface area contributed by atoms with Crippen molar-refractivity contribution in [3.8, 4) is 0 Å². The van der Waals surface area contributed by atoms with Crippen molar-refractivity contribution < 1.29 is 9.53 Å². The maximum atomic E-state index is 12.7. The molecule has 4 rings (SSSR count). The van der Waals surface area contributed by atoms with Crippen LogP contribution in [0.3, 0.4) is 0 Å². The number of carbonyl (C=O) groups is 1. The van der Waals surface area contributed by atoms with Crippen LogP contribution in [0.25, 0.3) is 0 Å². The van der Waals surface area contributed by atoms with Gasteiger partial charge >= 0.3 is 0 Å². The van der Waals surface area contributed by atoms with E-state index in [0.717, 1.165) is 42.0 Å². The molecule has 1 saturated carbocycles. The number of hydrogen-bond acceptors (Lipinski definition) is 6. The Morgan fingerprint density at radius 3 is 2.73 bits per heavy atom. The van der Waals surface area contributed by atoms with Gasteiger partial charge in [-0.05, 0) is 33.1 Å². The summed E-state index contributed by atoms with van der Waals surface area (Å²) in [5.74, 6) is 1.12. The first-order chi connectivity index (χ1) is 12.5. The van der Waals surface area contributed by atoms with Crippen molar-refractivity contribution in [2.75, 3.05) is 12.3 Å². The molecule has 3 heterocycles. The number of hydrogen-bond donors (Lipinski definition) is 2. The second-order valence-electron chi connectivity index (χ2n) is 7.17. The zero-order chi connectivity index (χ0) is 18.4. The lowest BCUT2D eigenvalue weighted by atomic mass is 10.00. The number of rotatable bonds is 4. The number of aryl methyl sites for hydroxylation is 2. The van der Waals surface area contributed by atoms with Gasteiger partial charge in [-0.25, -0.2) is 9.97 Å². The molecule has 3 N–H and O–H groups in total. The summed E-state index contributed by atoms with van der Waals surface area (Å²) in [6.07, 6.45) is 4.26. The summed E-state index contributed by atoms with van der Waals surface area (Å²) in [4.78, 5) is 21.3. The molecule has 1 aliphatic carbocycles. The molecule has 2 atom stereocenters. The standard InChI is InChI=1S/C18H24N6O2/c1-9-14(10(2)24(3)23-9)15-13(6-7-26-15)21-18(25)12-8-20-17(11-4-5-11)22-16(12)19/h8,11,13,15H,4-7H2,1-3H3,(H,21,25)(H2,19,20,22)/t13-,15-/m0/s1. The molecular formula is C18H24N6O2. The summed E-state index contributed by atoms with van der Waals surface area (Å²) >= 11 is 0. The Morgan fingerprint density at radius 2 is 2.12 bits per heavy atom. The average molecular weight is 356 g/mol. The van der Waals surface area contributed by atoms with Crippen LogP contribution in [-0.2, 0) is 11.8 Å².